The number of aromatic nitrogens is 2. The molecule has 0 unspecified atom stereocenters. The summed E-state index contributed by atoms with van der Waals surface area (Å²) in [5.41, 5.74) is 7.11. The Labute approximate surface area is 75.0 Å². The van der Waals surface area contributed by atoms with Crippen LogP contribution >= 0.6 is 0 Å². The van der Waals surface area contributed by atoms with Crippen LogP contribution in [0.3, 0.4) is 0 Å². The quantitative estimate of drug-likeness (QED) is 0.612. The largest absolute Gasteiger partial charge is 0.508 e. The normalized spacial score (nSPS) is 10.2. The maximum Gasteiger partial charge on any atom is 0.145 e. The minimum atomic E-state index is 0.227. The first kappa shape index (κ1) is 7.67. The van der Waals surface area contributed by atoms with E-state index >= 15 is 0 Å². The van der Waals surface area contributed by atoms with Crippen molar-refractivity contribution in [1.29, 1.82) is 0 Å². The second-order valence-electron chi connectivity index (χ2n) is 2.76. The van der Waals surface area contributed by atoms with Gasteiger partial charge in [0.1, 0.15) is 11.6 Å². The molecule has 0 atom stereocenters. The maximum absolute atomic E-state index is 9.22. The van der Waals surface area contributed by atoms with Crippen molar-refractivity contribution in [3.63, 3.8) is 0 Å². The Kier molecular flexibility index (Phi) is 1.66. The van der Waals surface area contributed by atoms with Crippen molar-refractivity contribution in [1.82, 2.24) is 10.2 Å². The third-order valence-corrected chi connectivity index (χ3v) is 1.75. The summed E-state index contributed by atoms with van der Waals surface area (Å²) in [5, 5.41) is 15.8. The maximum atomic E-state index is 9.22. The van der Waals surface area contributed by atoms with Gasteiger partial charge in [0, 0.05) is 11.6 Å². The highest BCUT2D eigenvalue weighted by Gasteiger charge is 2.01. The number of anilines is 1. The molecular weight excluding hydrogens is 166 g/mol. The molecule has 2 rings (SSSR count). The van der Waals surface area contributed by atoms with Crippen molar-refractivity contribution in [2.24, 2.45) is 0 Å². The second kappa shape index (κ2) is 2.82. The molecule has 13 heavy (non-hydrogen) atoms. The van der Waals surface area contributed by atoms with Gasteiger partial charge in [0.05, 0.1) is 5.69 Å². The predicted octanol–water partition coefficient (Wildman–Crippen LogP) is 1.36. The number of nitrogens with zero attached hydrogens (tertiary/aromatic N) is 1. The molecule has 4 N–H and O–H groups in total. The average molecular weight is 175 g/mol. The van der Waals surface area contributed by atoms with Crippen LogP contribution in [0.15, 0.2) is 30.3 Å². The van der Waals surface area contributed by atoms with E-state index in [9.17, 15) is 5.11 Å². The van der Waals surface area contributed by atoms with E-state index in [4.69, 9.17) is 5.73 Å². The lowest BCUT2D eigenvalue weighted by atomic mass is 10.1. The van der Waals surface area contributed by atoms with E-state index in [1.807, 2.05) is 6.07 Å². The minimum Gasteiger partial charge on any atom is -0.508 e. The van der Waals surface area contributed by atoms with Gasteiger partial charge in [0.2, 0.25) is 0 Å². The monoisotopic (exact) mass is 175 g/mol. The van der Waals surface area contributed by atoms with E-state index in [1.165, 1.54) is 0 Å². The molecule has 1 aromatic carbocycles. The Morgan fingerprint density at radius 2 is 2.15 bits per heavy atom. The van der Waals surface area contributed by atoms with Crippen LogP contribution in [0.2, 0.25) is 0 Å². The lowest BCUT2D eigenvalue weighted by Gasteiger charge is -1.96. The van der Waals surface area contributed by atoms with Crippen LogP contribution in [0.25, 0.3) is 11.3 Å². The van der Waals surface area contributed by atoms with Crippen LogP contribution in [0.1, 0.15) is 0 Å². The van der Waals surface area contributed by atoms with Crippen molar-refractivity contribution in [3.05, 3.63) is 30.3 Å². The number of nitrogen functional groups attached to an aromatic ring is 1. The zero-order valence-electron chi connectivity index (χ0n) is 6.86. The topological polar surface area (TPSA) is 74.9 Å². The van der Waals surface area contributed by atoms with Crippen molar-refractivity contribution < 1.29 is 5.11 Å². The Morgan fingerprint density at radius 1 is 1.31 bits per heavy atom. The summed E-state index contributed by atoms with van der Waals surface area (Å²) >= 11 is 0. The summed E-state index contributed by atoms with van der Waals surface area (Å²) < 4.78 is 0. The molecule has 0 aliphatic heterocycles. The van der Waals surface area contributed by atoms with Gasteiger partial charge in [-0.25, -0.2) is 0 Å². The van der Waals surface area contributed by atoms with Crippen LogP contribution < -0.4 is 5.73 Å². The average Bonchev–Trinajstić information content (AvgIpc) is 2.52. The number of benzene rings is 1. The molecule has 0 bridgehead atoms. The number of nitrogens with one attached hydrogen (secondary N) is 1. The smallest absolute Gasteiger partial charge is 0.145 e. The molecular formula is C9H9N3O. The molecule has 0 radical (unpaired) electrons. The van der Waals surface area contributed by atoms with Gasteiger partial charge >= 0.3 is 0 Å². The number of aromatic hydroxyl groups is 1. The number of aromatic amines is 1. The van der Waals surface area contributed by atoms with Gasteiger partial charge in [0.25, 0.3) is 0 Å². The van der Waals surface area contributed by atoms with Crippen molar-refractivity contribution in [2.45, 2.75) is 0 Å². The Bertz CT molecular complexity index is 422. The second-order valence-corrected chi connectivity index (χ2v) is 2.76. The number of phenols is 1. The number of H-pyrrole nitrogens is 1. The van der Waals surface area contributed by atoms with E-state index in [2.05, 4.69) is 10.2 Å². The number of nitrogens with two attached hydrogens (primary N) is 1. The predicted molar refractivity (Wildman–Crippen MR) is 50.1 cm³/mol. The summed E-state index contributed by atoms with van der Waals surface area (Å²) in [6.07, 6.45) is 0. The summed E-state index contributed by atoms with van der Waals surface area (Å²) in [6, 6.07) is 8.61. The molecule has 1 aromatic heterocycles. The van der Waals surface area contributed by atoms with Crippen molar-refractivity contribution in [2.75, 3.05) is 5.73 Å². The summed E-state index contributed by atoms with van der Waals surface area (Å²) in [4.78, 5) is 0. The molecule has 0 aliphatic rings. The fraction of sp³-hybridized carbons (Fsp3) is 0. The third-order valence-electron chi connectivity index (χ3n) is 1.75. The Balaban J connectivity index is 2.46. The molecule has 0 aliphatic carbocycles. The molecule has 0 saturated carbocycles. The van der Waals surface area contributed by atoms with Crippen LogP contribution in [-0.4, -0.2) is 15.3 Å². The molecule has 66 valence electrons. The van der Waals surface area contributed by atoms with Gasteiger partial charge in [-0.1, -0.05) is 12.1 Å². The van der Waals surface area contributed by atoms with Gasteiger partial charge in [-0.15, -0.1) is 0 Å². The van der Waals surface area contributed by atoms with Gasteiger partial charge in [0.15, 0.2) is 0 Å². The number of phenolic OH excluding ortho intramolecular Hbond substituents is 1. The standard InChI is InChI=1S/C9H9N3O/c10-9-5-8(11-12-9)6-2-1-3-7(13)4-6/h1-5,13H,(H3,10,11,12). The molecule has 4 nitrogen and oxygen atoms in total. The van der Waals surface area contributed by atoms with E-state index in [0.717, 1.165) is 11.3 Å². The third kappa shape index (κ3) is 1.46. The minimum absolute atomic E-state index is 0.227. The Hall–Kier alpha value is -1.97. The first-order chi connectivity index (χ1) is 6.25. The zero-order chi connectivity index (χ0) is 9.26. The Morgan fingerprint density at radius 3 is 2.77 bits per heavy atom. The lowest BCUT2D eigenvalue weighted by Crippen LogP contribution is -1.81. The number of hydrogen-bond donors (Lipinski definition) is 3. The summed E-state index contributed by atoms with van der Waals surface area (Å²) in [7, 11) is 0. The van der Waals surface area contributed by atoms with Crippen LogP contribution in [0.4, 0.5) is 5.82 Å². The molecule has 2 aromatic rings. The number of rotatable bonds is 1. The molecule has 0 spiro atoms. The van der Waals surface area contributed by atoms with Crippen LogP contribution in [0.5, 0.6) is 5.75 Å². The van der Waals surface area contributed by atoms with E-state index in [0.29, 0.717) is 5.82 Å². The fourth-order valence-electron chi connectivity index (χ4n) is 1.16. The summed E-state index contributed by atoms with van der Waals surface area (Å²) in [6.45, 7) is 0. The first-order valence-corrected chi connectivity index (χ1v) is 3.86. The van der Waals surface area contributed by atoms with Gasteiger partial charge in [-0.05, 0) is 12.1 Å². The molecule has 0 amide bonds. The van der Waals surface area contributed by atoms with Crippen LogP contribution in [0, 0.1) is 0 Å². The van der Waals surface area contributed by atoms with E-state index in [-0.39, 0.29) is 5.75 Å². The van der Waals surface area contributed by atoms with Crippen molar-refractivity contribution in [3.8, 4) is 17.0 Å². The highest BCUT2D eigenvalue weighted by atomic mass is 16.3. The molecule has 0 saturated heterocycles. The SMILES string of the molecule is Nc1cc(-c2cccc(O)c2)[nH]n1. The fourth-order valence-corrected chi connectivity index (χ4v) is 1.16. The molecule has 1 heterocycles. The first-order valence-electron chi connectivity index (χ1n) is 3.86. The van der Waals surface area contributed by atoms with Crippen LogP contribution in [-0.2, 0) is 0 Å². The van der Waals surface area contributed by atoms with Gasteiger partial charge in [-0.3, -0.25) is 5.10 Å². The highest BCUT2D eigenvalue weighted by Crippen LogP contribution is 2.21. The van der Waals surface area contributed by atoms with Gasteiger partial charge < -0.3 is 10.8 Å². The highest BCUT2D eigenvalue weighted by molar-refractivity contribution is 5.63. The van der Waals surface area contributed by atoms with Gasteiger partial charge in [-0.2, -0.15) is 5.10 Å². The summed E-state index contributed by atoms with van der Waals surface area (Å²) in [5.74, 6) is 0.670. The van der Waals surface area contributed by atoms with E-state index in [1.54, 1.807) is 24.3 Å². The molecule has 0 fully saturated rings. The number of hydrogen-bond acceptors (Lipinski definition) is 3. The molecule has 4 heteroatoms. The lowest BCUT2D eigenvalue weighted by molar-refractivity contribution is 0.475. The zero-order valence-corrected chi connectivity index (χ0v) is 6.86. The van der Waals surface area contributed by atoms with E-state index < -0.39 is 0 Å². The van der Waals surface area contributed by atoms with Crippen molar-refractivity contribution >= 4 is 5.82 Å².